The quantitative estimate of drug-likeness (QED) is 0.766. The van der Waals surface area contributed by atoms with E-state index in [0.717, 1.165) is 17.9 Å². The summed E-state index contributed by atoms with van der Waals surface area (Å²) in [5, 5.41) is 0. The summed E-state index contributed by atoms with van der Waals surface area (Å²) in [6.07, 6.45) is 10.00. The van der Waals surface area contributed by atoms with Crippen LogP contribution in [0.4, 0.5) is 0 Å². The lowest BCUT2D eigenvalue weighted by atomic mass is 10.1. The van der Waals surface area contributed by atoms with Crippen LogP contribution in [0.25, 0.3) is 5.82 Å². The zero-order valence-corrected chi connectivity index (χ0v) is 8.96. The second kappa shape index (κ2) is 4.21. The van der Waals surface area contributed by atoms with E-state index in [1.54, 1.807) is 18.7 Å². The molecule has 4 heteroatoms. The molecule has 1 atom stereocenters. The Balaban J connectivity index is 2.25. The summed E-state index contributed by atoms with van der Waals surface area (Å²) in [6.45, 7) is 4.30. The average molecular weight is 202 g/mol. The molecule has 15 heavy (non-hydrogen) atoms. The number of hydrogen-bond acceptors (Lipinski definition) is 3. The zero-order chi connectivity index (χ0) is 10.7. The van der Waals surface area contributed by atoms with E-state index >= 15 is 0 Å². The molecular formula is C11H14N4. The van der Waals surface area contributed by atoms with Crippen molar-refractivity contribution in [3.63, 3.8) is 0 Å². The second-order valence-corrected chi connectivity index (χ2v) is 3.58. The highest BCUT2D eigenvalue weighted by molar-refractivity contribution is 5.19. The van der Waals surface area contributed by atoms with Gasteiger partial charge in [0.05, 0.1) is 18.1 Å². The van der Waals surface area contributed by atoms with E-state index in [0.29, 0.717) is 5.92 Å². The first-order valence-electron chi connectivity index (χ1n) is 5.11. The molecular weight excluding hydrogens is 188 g/mol. The number of nitrogens with zero attached hydrogens (tertiary/aromatic N) is 4. The van der Waals surface area contributed by atoms with Crippen LogP contribution in [0.1, 0.15) is 31.9 Å². The molecule has 0 aromatic carbocycles. The number of aromatic nitrogens is 4. The lowest BCUT2D eigenvalue weighted by Gasteiger charge is -2.07. The summed E-state index contributed by atoms with van der Waals surface area (Å²) in [5.74, 6) is 1.27. The minimum Gasteiger partial charge on any atom is -0.289 e. The molecule has 2 rings (SSSR count). The van der Waals surface area contributed by atoms with E-state index < -0.39 is 0 Å². The summed E-state index contributed by atoms with van der Waals surface area (Å²) < 4.78 is 1.84. The van der Waals surface area contributed by atoms with Crippen molar-refractivity contribution in [3.05, 3.63) is 36.8 Å². The summed E-state index contributed by atoms with van der Waals surface area (Å²) in [5.41, 5.74) is 1.04. The van der Waals surface area contributed by atoms with Gasteiger partial charge in [-0.15, -0.1) is 0 Å². The summed E-state index contributed by atoms with van der Waals surface area (Å²) in [6, 6.07) is 0. The predicted octanol–water partition coefficient (Wildman–Crippen LogP) is 2.18. The highest BCUT2D eigenvalue weighted by atomic mass is 15.1. The monoisotopic (exact) mass is 202 g/mol. The van der Waals surface area contributed by atoms with Gasteiger partial charge in [0.2, 0.25) is 0 Å². The van der Waals surface area contributed by atoms with Crippen molar-refractivity contribution in [2.75, 3.05) is 0 Å². The molecule has 0 amide bonds. The van der Waals surface area contributed by atoms with E-state index in [1.807, 2.05) is 17.0 Å². The fourth-order valence-corrected chi connectivity index (χ4v) is 1.32. The van der Waals surface area contributed by atoms with Crippen LogP contribution in [-0.4, -0.2) is 19.5 Å². The number of imidazole rings is 1. The Hall–Kier alpha value is -1.71. The first kappa shape index (κ1) is 9.83. The maximum Gasteiger partial charge on any atom is 0.156 e. The zero-order valence-electron chi connectivity index (χ0n) is 8.96. The minimum absolute atomic E-state index is 0.467. The van der Waals surface area contributed by atoms with Crippen LogP contribution in [0.3, 0.4) is 0 Å². The molecule has 2 heterocycles. The third-order valence-electron chi connectivity index (χ3n) is 2.54. The van der Waals surface area contributed by atoms with Gasteiger partial charge in [0.25, 0.3) is 0 Å². The predicted molar refractivity (Wildman–Crippen MR) is 57.9 cm³/mol. The standard InChI is InChI=1S/C11H14N4/c1-3-9(2)10-6-14-11(7-13-10)15-5-4-12-8-15/h4-9H,3H2,1-2H3. The smallest absolute Gasteiger partial charge is 0.156 e. The maximum absolute atomic E-state index is 4.39. The highest BCUT2D eigenvalue weighted by Gasteiger charge is 2.05. The molecule has 0 aliphatic rings. The summed E-state index contributed by atoms with van der Waals surface area (Å²) in [7, 11) is 0. The molecule has 0 N–H and O–H groups in total. The maximum atomic E-state index is 4.39. The topological polar surface area (TPSA) is 43.6 Å². The van der Waals surface area contributed by atoms with E-state index in [2.05, 4.69) is 28.8 Å². The van der Waals surface area contributed by atoms with Gasteiger partial charge in [-0.3, -0.25) is 9.55 Å². The lowest BCUT2D eigenvalue weighted by Crippen LogP contribution is -2.00. The first-order chi connectivity index (χ1) is 7.31. The van der Waals surface area contributed by atoms with E-state index in [4.69, 9.17) is 0 Å². The van der Waals surface area contributed by atoms with Crippen LogP contribution in [0, 0.1) is 0 Å². The molecule has 0 spiro atoms. The Morgan fingerprint density at radius 2 is 2.20 bits per heavy atom. The summed E-state index contributed by atoms with van der Waals surface area (Å²) >= 11 is 0. The summed E-state index contributed by atoms with van der Waals surface area (Å²) in [4.78, 5) is 12.7. The minimum atomic E-state index is 0.467. The van der Waals surface area contributed by atoms with Crippen LogP contribution in [0.15, 0.2) is 31.1 Å². The Kier molecular flexibility index (Phi) is 2.76. The average Bonchev–Trinajstić information content (AvgIpc) is 2.82. The molecule has 2 aromatic heterocycles. The molecule has 1 unspecified atom stereocenters. The van der Waals surface area contributed by atoms with Crippen molar-refractivity contribution in [2.24, 2.45) is 0 Å². The molecule has 0 saturated heterocycles. The van der Waals surface area contributed by atoms with Crippen LogP contribution in [0.5, 0.6) is 0 Å². The van der Waals surface area contributed by atoms with Crippen molar-refractivity contribution in [1.82, 2.24) is 19.5 Å². The fourth-order valence-electron chi connectivity index (χ4n) is 1.32. The van der Waals surface area contributed by atoms with E-state index in [9.17, 15) is 0 Å². The Morgan fingerprint density at radius 3 is 2.73 bits per heavy atom. The Morgan fingerprint density at radius 1 is 1.33 bits per heavy atom. The van der Waals surface area contributed by atoms with Gasteiger partial charge in [0.15, 0.2) is 5.82 Å². The highest BCUT2D eigenvalue weighted by Crippen LogP contribution is 2.15. The van der Waals surface area contributed by atoms with Crippen molar-refractivity contribution in [1.29, 1.82) is 0 Å². The number of rotatable bonds is 3. The third kappa shape index (κ3) is 2.03. The number of hydrogen-bond donors (Lipinski definition) is 0. The van der Waals surface area contributed by atoms with Gasteiger partial charge in [-0.2, -0.15) is 0 Å². The second-order valence-electron chi connectivity index (χ2n) is 3.58. The van der Waals surface area contributed by atoms with Crippen molar-refractivity contribution < 1.29 is 0 Å². The molecule has 0 radical (unpaired) electrons. The normalized spacial score (nSPS) is 12.7. The molecule has 0 aliphatic carbocycles. The SMILES string of the molecule is CCC(C)c1cnc(-n2ccnc2)cn1. The van der Waals surface area contributed by atoms with Gasteiger partial charge in [-0.25, -0.2) is 9.97 Å². The molecule has 0 fully saturated rings. The van der Waals surface area contributed by atoms with E-state index in [1.165, 1.54) is 0 Å². The van der Waals surface area contributed by atoms with Crippen molar-refractivity contribution >= 4 is 0 Å². The molecule has 78 valence electrons. The molecule has 0 aliphatic heterocycles. The van der Waals surface area contributed by atoms with Gasteiger partial charge in [0.1, 0.15) is 6.33 Å². The third-order valence-corrected chi connectivity index (χ3v) is 2.54. The van der Waals surface area contributed by atoms with Crippen LogP contribution >= 0.6 is 0 Å². The van der Waals surface area contributed by atoms with Crippen LogP contribution in [-0.2, 0) is 0 Å². The van der Waals surface area contributed by atoms with Gasteiger partial charge in [-0.05, 0) is 12.3 Å². The van der Waals surface area contributed by atoms with Crippen molar-refractivity contribution in [2.45, 2.75) is 26.2 Å². The molecule has 0 saturated carbocycles. The lowest BCUT2D eigenvalue weighted by molar-refractivity contribution is 0.700. The van der Waals surface area contributed by atoms with Crippen molar-refractivity contribution in [3.8, 4) is 5.82 Å². The Bertz CT molecular complexity index is 405. The first-order valence-corrected chi connectivity index (χ1v) is 5.11. The molecule has 4 nitrogen and oxygen atoms in total. The molecule has 2 aromatic rings. The Labute approximate surface area is 89.0 Å². The van der Waals surface area contributed by atoms with Gasteiger partial charge < -0.3 is 0 Å². The van der Waals surface area contributed by atoms with Gasteiger partial charge in [-0.1, -0.05) is 13.8 Å². The van der Waals surface area contributed by atoms with E-state index in [-0.39, 0.29) is 0 Å². The van der Waals surface area contributed by atoms with Crippen LogP contribution < -0.4 is 0 Å². The molecule has 0 bridgehead atoms. The van der Waals surface area contributed by atoms with Crippen LogP contribution in [0.2, 0.25) is 0 Å². The largest absolute Gasteiger partial charge is 0.289 e. The van der Waals surface area contributed by atoms with Gasteiger partial charge >= 0.3 is 0 Å². The van der Waals surface area contributed by atoms with Gasteiger partial charge in [0, 0.05) is 12.4 Å². The fraction of sp³-hybridized carbons (Fsp3) is 0.364.